The first-order valence-corrected chi connectivity index (χ1v) is 15.0. The Morgan fingerprint density at radius 2 is 1.65 bits per heavy atom. The highest BCUT2D eigenvalue weighted by Crippen LogP contribution is 2.35. The number of piperidine rings is 1. The maximum Gasteiger partial charge on any atom is 0.573 e. The van der Waals surface area contributed by atoms with Crippen molar-refractivity contribution in [3.05, 3.63) is 47.5 Å². The highest BCUT2D eigenvalue weighted by Gasteiger charge is 2.39. The number of nitrogens with zero attached hydrogens (tertiary/aromatic N) is 2. The van der Waals surface area contributed by atoms with E-state index in [1.807, 2.05) is 0 Å². The Morgan fingerprint density at radius 3 is 2.15 bits per heavy atom. The largest absolute Gasteiger partial charge is 0.573 e. The summed E-state index contributed by atoms with van der Waals surface area (Å²) in [5.41, 5.74) is -2.08. The summed E-state index contributed by atoms with van der Waals surface area (Å²) in [4.78, 5) is 16.0. The van der Waals surface area contributed by atoms with Crippen molar-refractivity contribution in [1.82, 2.24) is 9.88 Å². The van der Waals surface area contributed by atoms with Gasteiger partial charge in [-0.15, -0.1) is 13.2 Å². The molecule has 3 rings (SSSR count). The first-order valence-electron chi connectivity index (χ1n) is 11.6. The Hall–Kier alpha value is -2.95. The smallest absolute Gasteiger partial charge is 0.406 e. The van der Waals surface area contributed by atoms with Crippen LogP contribution in [0, 0.1) is 11.7 Å². The highest BCUT2D eigenvalue weighted by molar-refractivity contribution is 7.92. The van der Waals surface area contributed by atoms with E-state index in [0.29, 0.717) is 36.7 Å². The number of pyridine rings is 1. The average Bonchev–Trinajstić information content (AvgIpc) is 2.81. The highest BCUT2D eigenvalue weighted by atomic mass is 32.2. The fourth-order valence-corrected chi connectivity index (χ4v) is 7.50. The number of ether oxygens (including phenoxy) is 1. The predicted molar refractivity (Wildman–Crippen MR) is 125 cm³/mol. The Balaban J connectivity index is 1.83. The van der Waals surface area contributed by atoms with Gasteiger partial charge in [0.05, 0.1) is 20.6 Å². The lowest BCUT2D eigenvalue weighted by Gasteiger charge is -2.35. The van der Waals surface area contributed by atoms with Gasteiger partial charge in [0.15, 0.2) is 19.7 Å². The molecule has 0 saturated carbocycles. The van der Waals surface area contributed by atoms with Gasteiger partial charge in [0.1, 0.15) is 17.3 Å². The van der Waals surface area contributed by atoms with E-state index in [4.69, 9.17) is 0 Å². The summed E-state index contributed by atoms with van der Waals surface area (Å²) in [6, 6.07) is 1.84. The molecule has 1 unspecified atom stereocenters. The number of halogens is 7. The lowest BCUT2D eigenvalue weighted by Crippen LogP contribution is -2.43. The number of hydrogen-bond acceptors (Lipinski definition) is 7. The molecule has 2 aromatic rings. The van der Waals surface area contributed by atoms with Crippen molar-refractivity contribution in [3.8, 4) is 5.75 Å². The van der Waals surface area contributed by atoms with Crippen molar-refractivity contribution < 1.29 is 57.1 Å². The first kappa shape index (κ1) is 31.6. The van der Waals surface area contributed by atoms with E-state index in [0.717, 1.165) is 4.90 Å². The maximum atomic E-state index is 14.0. The molecular formula is C23H23F7N2O6S2. The van der Waals surface area contributed by atoms with Crippen LogP contribution in [0.5, 0.6) is 5.75 Å². The zero-order valence-electron chi connectivity index (χ0n) is 20.9. The van der Waals surface area contributed by atoms with E-state index in [1.165, 1.54) is 6.92 Å². The molecule has 0 bridgehead atoms. The van der Waals surface area contributed by atoms with Crippen molar-refractivity contribution in [3.63, 3.8) is 0 Å². The second-order valence-corrected chi connectivity index (χ2v) is 13.3. The minimum atomic E-state index is -5.18. The van der Waals surface area contributed by atoms with Crippen LogP contribution < -0.4 is 4.74 Å². The number of rotatable bonds is 7. The zero-order chi connectivity index (χ0) is 30.3. The summed E-state index contributed by atoms with van der Waals surface area (Å²) in [6.07, 6.45) is -9.05. The summed E-state index contributed by atoms with van der Waals surface area (Å²) >= 11 is 0. The molecule has 1 aliphatic rings. The van der Waals surface area contributed by atoms with Crippen molar-refractivity contribution in [2.75, 3.05) is 19.3 Å². The van der Waals surface area contributed by atoms with Crippen LogP contribution in [0.4, 0.5) is 30.7 Å². The van der Waals surface area contributed by atoms with Crippen molar-refractivity contribution in [2.24, 2.45) is 5.92 Å². The van der Waals surface area contributed by atoms with Gasteiger partial charge in [-0.3, -0.25) is 4.79 Å². The number of carbonyl (C=O) groups is 1. The molecule has 17 heteroatoms. The number of carbonyl (C=O) groups excluding carboxylic acids is 1. The molecule has 1 aromatic heterocycles. The van der Waals surface area contributed by atoms with Gasteiger partial charge in [0.25, 0.3) is 5.91 Å². The van der Waals surface area contributed by atoms with E-state index in [9.17, 15) is 52.4 Å². The van der Waals surface area contributed by atoms with E-state index >= 15 is 0 Å². The molecule has 1 aromatic carbocycles. The summed E-state index contributed by atoms with van der Waals surface area (Å²) in [7, 11) is -8.67. The van der Waals surface area contributed by atoms with Crippen LogP contribution in [0.3, 0.4) is 0 Å². The van der Waals surface area contributed by atoms with Gasteiger partial charge in [-0.05, 0) is 43.4 Å². The molecular weight excluding hydrogens is 597 g/mol. The SMILES string of the molecule is CCC(C1CCN(C(=O)c2ncc(C(F)(F)F)cc2S(C)(=O)=O)CC1)S(=O)(=O)c1cc(F)cc(OC(F)(F)F)c1. The Kier molecular flexibility index (Phi) is 8.79. The number of hydrogen-bond donors (Lipinski definition) is 0. The molecule has 1 aliphatic heterocycles. The van der Waals surface area contributed by atoms with Gasteiger partial charge in [0, 0.05) is 31.6 Å². The van der Waals surface area contributed by atoms with E-state index in [2.05, 4.69) is 9.72 Å². The molecule has 40 heavy (non-hydrogen) atoms. The van der Waals surface area contributed by atoms with Crippen LogP contribution in [0.15, 0.2) is 40.3 Å². The minimum Gasteiger partial charge on any atom is -0.406 e. The van der Waals surface area contributed by atoms with Crippen LogP contribution in [-0.4, -0.2) is 63.6 Å². The average molecular weight is 621 g/mol. The van der Waals surface area contributed by atoms with Crippen LogP contribution >= 0.6 is 0 Å². The maximum absolute atomic E-state index is 14.0. The van der Waals surface area contributed by atoms with Gasteiger partial charge in [-0.1, -0.05) is 6.92 Å². The molecule has 1 amide bonds. The molecule has 2 heterocycles. The van der Waals surface area contributed by atoms with Gasteiger partial charge in [0.2, 0.25) is 0 Å². The molecule has 8 nitrogen and oxygen atoms in total. The molecule has 1 fully saturated rings. The van der Waals surface area contributed by atoms with Gasteiger partial charge >= 0.3 is 12.5 Å². The van der Waals surface area contributed by atoms with Gasteiger partial charge in [-0.25, -0.2) is 26.2 Å². The number of amides is 1. The molecule has 1 saturated heterocycles. The van der Waals surface area contributed by atoms with Gasteiger partial charge < -0.3 is 9.64 Å². The van der Waals surface area contributed by atoms with Crippen LogP contribution in [0.25, 0.3) is 0 Å². The second-order valence-electron chi connectivity index (χ2n) is 9.13. The number of sulfone groups is 2. The number of aromatic nitrogens is 1. The number of benzene rings is 1. The summed E-state index contributed by atoms with van der Waals surface area (Å²) in [5, 5.41) is -1.18. The lowest BCUT2D eigenvalue weighted by atomic mass is 9.92. The summed E-state index contributed by atoms with van der Waals surface area (Å²) in [6.45, 7) is 1.27. The molecule has 0 N–H and O–H groups in total. The quantitative estimate of drug-likeness (QED) is 0.415. The topological polar surface area (TPSA) is 111 Å². The van der Waals surface area contributed by atoms with Crippen LogP contribution in [-0.2, 0) is 25.9 Å². The van der Waals surface area contributed by atoms with Crippen molar-refractivity contribution in [1.29, 1.82) is 0 Å². The molecule has 0 spiro atoms. The normalized spacial score (nSPS) is 16.6. The van der Waals surface area contributed by atoms with Crippen LogP contribution in [0.2, 0.25) is 0 Å². The number of likely N-dealkylation sites (tertiary alicyclic amines) is 1. The molecule has 0 radical (unpaired) electrons. The van der Waals surface area contributed by atoms with Crippen molar-refractivity contribution in [2.45, 2.75) is 53.8 Å². The Morgan fingerprint density at radius 1 is 1.05 bits per heavy atom. The zero-order valence-corrected chi connectivity index (χ0v) is 22.5. The monoisotopic (exact) mass is 620 g/mol. The van der Waals surface area contributed by atoms with Gasteiger partial charge in [-0.2, -0.15) is 13.2 Å². The number of alkyl halides is 6. The first-order chi connectivity index (χ1) is 18.2. The lowest BCUT2D eigenvalue weighted by molar-refractivity contribution is -0.274. The third kappa shape index (κ3) is 7.21. The second kappa shape index (κ2) is 11.1. The molecule has 222 valence electrons. The molecule has 0 aliphatic carbocycles. The molecule has 1 atom stereocenters. The Labute approximate surface area is 225 Å². The third-order valence-corrected chi connectivity index (χ3v) is 9.86. The van der Waals surface area contributed by atoms with E-state index < -0.39 is 81.9 Å². The fraction of sp³-hybridized carbons (Fsp3) is 0.478. The fourth-order valence-electron chi connectivity index (χ4n) is 4.54. The Bertz CT molecular complexity index is 1480. The predicted octanol–water partition coefficient (Wildman–Crippen LogP) is 4.65. The van der Waals surface area contributed by atoms with Crippen LogP contribution in [0.1, 0.15) is 42.2 Å². The summed E-state index contributed by atoms with van der Waals surface area (Å²) < 4.78 is 145. The summed E-state index contributed by atoms with van der Waals surface area (Å²) in [5.74, 6) is -3.92. The van der Waals surface area contributed by atoms with E-state index in [1.54, 1.807) is 0 Å². The third-order valence-electron chi connectivity index (χ3n) is 6.34. The van der Waals surface area contributed by atoms with Crippen molar-refractivity contribution >= 4 is 25.6 Å². The standard InChI is InChI=1S/C23H23F7N2O6S2/c1-3-18(40(36,37)17-10-15(24)9-16(11-17)38-23(28,29)30)13-4-6-32(7-5-13)21(33)20-19(39(2,34)35)8-14(12-31-20)22(25,26)27/h8-13,18H,3-7H2,1-2H3. The minimum absolute atomic E-state index is 0.00833. The van der Waals surface area contributed by atoms with E-state index in [-0.39, 0.29) is 32.4 Å².